The Labute approximate surface area is 321 Å². The van der Waals surface area contributed by atoms with Crippen LogP contribution in [0.4, 0.5) is 0 Å². The average Bonchev–Trinajstić information content (AvgIpc) is 3.29. The summed E-state index contributed by atoms with van der Waals surface area (Å²) in [7, 11) is -1.84. The highest BCUT2D eigenvalue weighted by Crippen LogP contribution is 2.81. The zero-order valence-electron chi connectivity index (χ0n) is 31.7. The van der Waals surface area contributed by atoms with E-state index in [1.807, 2.05) is 121 Å². The first-order valence-electron chi connectivity index (χ1n) is 18.1. The molecule has 7 aromatic rings. The van der Waals surface area contributed by atoms with Gasteiger partial charge in [0.25, 0.3) is 0 Å². The first-order valence-corrected chi connectivity index (χ1v) is 20.8. The second-order valence-corrected chi connectivity index (χ2v) is 18.8. The predicted octanol–water partition coefficient (Wildman–Crippen LogP) is 13.6. The zero-order chi connectivity index (χ0) is 38.1. The monoisotopic (exact) mass is 771 g/mol. The molecule has 1 aromatic heterocycles. The molecule has 2 aliphatic rings. The Balaban J connectivity index is 1.24. The Morgan fingerprint density at radius 3 is 1.71 bits per heavy atom. The fraction of sp³-hybridized carbons (Fsp3) is 0.200. The Morgan fingerprint density at radius 1 is 0.582 bits per heavy atom. The number of ether oxygens (including phenoxy) is 2. The van der Waals surface area contributed by atoms with Crippen LogP contribution in [0.1, 0.15) is 45.7 Å². The van der Waals surface area contributed by atoms with Gasteiger partial charge in [0.1, 0.15) is 28.4 Å². The minimum atomic E-state index is -3.24. The molecule has 3 heterocycles. The normalized spacial score (nSPS) is 14.8. The van der Waals surface area contributed by atoms with E-state index >= 15 is 0 Å². The molecule has 0 unspecified atom stereocenters. The number of methoxy groups -OCH3 is 2. The Morgan fingerprint density at radius 2 is 1.15 bits per heavy atom. The lowest BCUT2D eigenvalue weighted by Crippen LogP contribution is -2.27. The summed E-state index contributed by atoms with van der Waals surface area (Å²) < 4.78 is 53.2. The summed E-state index contributed by atoms with van der Waals surface area (Å²) in [5.74, 6) is 3.91. The summed E-state index contributed by atoms with van der Waals surface area (Å²) in [5.41, 5.74) is 6.21. The van der Waals surface area contributed by atoms with Crippen molar-refractivity contribution in [2.75, 3.05) is 14.2 Å². The van der Waals surface area contributed by atoms with Gasteiger partial charge in [-0.2, -0.15) is 0 Å². The van der Waals surface area contributed by atoms with Crippen LogP contribution < -0.4 is 27.6 Å². The van der Waals surface area contributed by atoms with Crippen LogP contribution in [0.2, 0.25) is 0 Å². The molecule has 1 spiro atoms. The van der Waals surface area contributed by atoms with Crippen molar-refractivity contribution in [2.45, 2.75) is 45.2 Å². The molecule has 0 fully saturated rings. The summed E-state index contributed by atoms with van der Waals surface area (Å²) in [4.78, 5) is 0. The van der Waals surface area contributed by atoms with Gasteiger partial charge in [-0.25, -0.2) is 0 Å². The lowest BCUT2D eigenvalue weighted by Gasteiger charge is -2.26. The highest BCUT2D eigenvalue weighted by atomic mass is 31.2. The molecule has 0 N–H and O–H groups in total. The van der Waals surface area contributed by atoms with Gasteiger partial charge < -0.3 is 22.4 Å². The lowest BCUT2D eigenvalue weighted by atomic mass is 9.84. The van der Waals surface area contributed by atoms with Crippen LogP contribution in [0, 0.1) is 0 Å². The van der Waals surface area contributed by atoms with E-state index in [2.05, 4.69) is 34.6 Å². The third-order valence-electron chi connectivity index (χ3n) is 10.3. The van der Waals surface area contributed by atoms with Gasteiger partial charge in [0.2, 0.25) is 5.16 Å². The molecule has 0 aliphatic carbocycles. The van der Waals surface area contributed by atoms with Crippen LogP contribution >= 0.6 is 16.2 Å². The van der Waals surface area contributed by atoms with E-state index in [1.165, 1.54) is 0 Å². The third-order valence-corrected chi connectivity index (χ3v) is 14.3. The van der Waals surface area contributed by atoms with Gasteiger partial charge in [-0.15, -0.1) is 0 Å². The summed E-state index contributed by atoms with van der Waals surface area (Å²) >= 11 is 0. The van der Waals surface area contributed by atoms with E-state index in [-0.39, 0.29) is 5.41 Å². The van der Waals surface area contributed by atoms with E-state index in [1.54, 1.807) is 14.2 Å². The fourth-order valence-electron chi connectivity index (χ4n) is 7.37. The number of para-hydroxylation sites is 4. The average molecular weight is 772 g/mol. The molecule has 0 saturated heterocycles. The summed E-state index contributed by atoms with van der Waals surface area (Å²) in [6.45, 7) is 10.6. The van der Waals surface area contributed by atoms with Crippen molar-refractivity contribution >= 4 is 38.1 Å². The van der Waals surface area contributed by atoms with E-state index in [9.17, 15) is 0 Å². The van der Waals surface area contributed by atoms with Gasteiger partial charge in [0.15, 0.2) is 17.2 Å². The minimum Gasteiger partial charge on any atom is -0.497 e. The fourth-order valence-corrected chi connectivity index (χ4v) is 11.0. The van der Waals surface area contributed by atoms with Crippen molar-refractivity contribution in [1.82, 2.24) is 0 Å². The smallest absolute Gasteiger partial charge is 0.497 e. The number of rotatable bonds is 5. The first kappa shape index (κ1) is 35.2. The van der Waals surface area contributed by atoms with Crippen molar-refractivity contribution in [3.8, 4) is 56.8 Å². The minimum absolute atomic E-state index is 0.342. The van der Waals surface area contributed by atoms with E-state index in [0.717, 1.165) is 44.2 Å². The molecular weight excluding hydrogens is 730 g/mol. The van der Waals surface area contributed by atoms with Crippen molar-refractivity contribution in [2.24, 2.45) is 0 Å². The van der Waals surface area contributed by atoms with Crippen molar-refractivity contribution in [3.63, 3.8) is 0 Å². The highest BCUT2D eigenvalue weighted by molar-refractivity contribution is 7.64. The Kier molecular flexibility index (Phi) is 8.34. The Hall–Kier alpha value is -5.55. The van der Waals surface area contributed by atoms with Gasteiger partial charge in [-0.1, -0.05) is 93.6 Å². The quantitative estimate of drug-likeness (QED) is 0.160. The van der Waals surface area contributed by atoms with Gasteiger partial charge in [0, 0.05) is 38.6 Å². The molecule has 6 aromatic carbocycles. The maximum Gasteiger partial charge on any atom is 0.552 e. The number of hydrogen-bond acceptors (Lipinski definition) is 8. The second-order valence-electron chi connectivity index (χ2n) is 15.2. The summed E-state index contributed by atoms with van der Waals surface area (Å²) in [6.07, 6.45) is 0. The van der Waals surface area contributed by atoms with Crippen LogP contribution in [0.3, 0.4) is 0 Å². The largest absolute Gasteiger partial charge is 0.552 e. The molecule has 10 heteroatoms. The van der Waals surface area contributed by atoms with Crippen LogP contribution in [0.5, 0.6) is 34.5 Å². The number of fused-ring (bicyclic) bond motifs is 7. The summed E-state index contributed by atoms with van der Waals surface area (Å²) in [6, 6.07) is 39.8. The molecule has 8 nitrogen and oxygen atoms in total. The summed E-state index contributed by atoms with van der Waals surface area (Å²) in [5, 5.41) is 1.14. The van der Waals surface area contributed by atoms with E-state index < -0.39 is 21.3 Å². The van der Waals surface area contributed by atoms with Crippen molar-refractivity contribution in [1.29, 1.82) is 0 Å². The molecule has 0 radical (unpaired) electrons. The number of hydrogen-bond donors (Lipinski definition) is 0. The molecule has 55 heavy (non-hydrogen) atoms. The zero-order valence-corrected chi connectivity index (χ0v) is 33.5. The second kappa shape index (κ2) is 13.0. The van der Waals surface area contributed by atoms with Crippen LogP contribution in [-0.2, 0) is 10.6 Å². The molecule has 0 atom stereocenters. The molecule has 0 saturated carbocycles. The molecule has 278 valence electrons. The molecule has 0 amide bonds. The molecule has 0 bridgehead atoms. The van der Waals surface area contributed by atoms with Crippen LogP contribution in [-0.4, -0.2) is 14.2 Å². The van der Waals surface area contributed by atoms with E-state index in [4.69, 9.17) is 36.0 Å². The predicted molar refractivity (Wildman–Crippen MR) is 220 cm³/mol. The molecule has 9 rings (SSSR count). The maximum atomic E-state index is 7.18. The lowest BCUT2D eigenvalue weighted by molar-refractivity contribution is 0.346. The number of benzene rings is 6. The van der Waals surface area contributed by atoms with E-state index in [0.29, 0.717) is 45.7 Å². The van der Waals surface area contributed by atoms with Gasteiger partial charge >= 0.3 is 16.2 Å². The molecule has 2 aliphatic heterocycles. The standard InChI is InChI=1S/C45H41O8P2/c1-44(2,3)35-27-41(47-7)33(26-42(35)50-54-48-37-20-12-8-16-29(37)30-17-9-13-21-38(30)49-54)34-24-28(46-6)25-36-43(34)53-55(45(36,4)5)51-39-22-14-10-18-31(39)32-19-11-15-23-40(32)52-55/h8-27H,1-7H3/q+1. The van der Waals surface area contributed by atoms with Gasteiger partial charge in [-0.05, 0) is 67.8 Å². The van der Waals surface area contributed by atoms with Gasteiger partial charge in [0.05, 0.1) is 19.8 Å². The topological polar surface area (TPSA) is 81.7 Å². The SMILES string of the molecule is COc1cc(-c2cc(Op3oc4ccccc4c4ccccc4o3)c(C(C)(C)C)cc2OC)c2c(c1)C(C)(C)[P+]1(Oc3ccccc3-c3ccccc3O1)O2. The Bertz CT molecular complexity index is 2570. The molecular formula is C45H41O8P2+. The van der Waals surface area contributed by atoms with Crippen LogP contribution in [0.15, 0.2) is 130 Å². The first-order chi connectivity index (χ1) is 26.5. The van der Waals surface area contributed by atoms with Crippen LogP contribution in [0.25, 0.3) is 44.2 Å². The maximum absolute atomic E-state index is 7.18. The highest BCUT2D eigenvalue weighted by Gasteiger charge is 2.72. The third kappa shape index (κ3) is 5.78. The van der Waals surface area contributed by atoms with Crippen molar-refractivity contribution < 1.29 is 36.0 Å². The van der Waals surface area contributed by atoms with Gasteiger partial charge in [-0.3, -0.25) is 13.6 Å². The van der Waals surface area contributed by atoms with Crippen molar-refractivity contribution in [3.05, 3.63) is 132 Å².